The highest BCUT2D eigenvalue weighted by Gasteiger charge is 2.24. The van der Waals surface area contributed by atoms with Crippen molar-refractivity contribution in [3.63, 3.8) is 0 Å². The van der Waals surface area contributed by atoms with Crippen LogP contribution in [0.3, 0.4) is 0 Å². The van der Waals surface area contributed by atoms with Crippen molar-refractivity contribution in [3.8, 4) is 0 Å². The number of nitrogens with zero attached hydrogens (tertiary/aromatic N) is 1. The first kappa shape index (κ1) is 16.7. The van der Waals surface area contributed by atoms with Crippen LogP contribution in [0.15, 0.2) is 0 Å². The Morgan fingerprint density at radius 2 is 1.83 bits per heavy atom. The Balaban J connectivity index is 4.17. The number of carboxylic acid groups (broad SMARTS) is 1. The third-order valence-corrected chi connectivity index (χ3v) is 2.44. The smallest absolute Gasteiger partial charge is 0.326 e. The van der Waals surface area contributed by atoms with Crippen molar-refractivity contribution < 1.29 is 19.4 Å². The summed E-state index contributed by atoms with van der Waals surface area (Å²) in [6.07, 6.45) is 0.115. The lowest BCUT2D eigenvalue weighted by Crippen LogP contribution is -2.49. The molecule has 0 aromatic rings. The van der Waals surface area contributed by atoms with Crippen molar-refractivity contribution in [2.75, 3.05) is 20.2 Å². The van der Waals surface area contributed by atoms with Crippen LogP contribution in [-0.2, 0) is 9.53 Å². The summed E-state index contributed by atoms with van der Waals surface area (Å²) in [5.74, 6) is -1.18. The van der Waals surface area contributed by atoms with E-state index in [1.807, 2.05) is 13.8 Å². The summed E-state index contributed by atoms with van der Waals surface area (Å²) in [6, 6.07) is -1.27. The summed E-state index contributed by atoms with van der Waals surface area (Å²) in [6.45, 7) is 8.19. The highest BCUT2D eigenvalue weighted by molar-refractivity contribution is 5.82. The fraction of sp³-hybridized carbons (Fsp3) is 0.833. The predicted molar refractivity (Wildman–Crippen MR) is 68.5 cm³/mol. The Morgan fingerprint density at radius 1 is 1.28 bits per heavy atom. The molecule has 106 valence electrons. The number of urea groups is 1. The molecule has 0 aromatic heterocycles. The maximum absolute atomic E-state index is 11.7. The van der Waals surface area contributed by atoms with E-state index < -0.39 is 18.0 Å². The van der Waals surface area contributed by atoms with Gasteiger partial charge in [-0.15, -0.1) is 0 Å². The second kappa shape index (κ2) is 7.92. The average molecular weight is 260 g/mol. The van der Waals surface area contributed by atoms with Crippen molar-refractivity contribution in [1.82, 2.24) is 10.2 Å². The fourth-order valence-corrected chi connectivity index (χ4v) is 1.28. The van der Waals surface area contributed by atoms with Gasteiger partial charge in [0.15, 0.2) is 0 Å². The molecule has 2 N–H and O–H groups in total. The third-order valence-electron chi connectivity index (χ3n) is 2.44. The molecule has 0 rings (SSSR count). The molecular weight excluding hydrogens is 236 g/mol. The summed E-state index contributed by atoms with van der Waals surface area (Å²) in [7, 11) is 1.61. The Morgan fingerprint density at radius 3 is 2.22 bits per heavy atom. The summed E-state index contributed by atoms with van der Waals surface area (Å²) in [4.78, 5) is 24.1. The molecule has 0 bridgehead atoms. The van der Waals surface area contributed by atoms with E-state index in [0.29, 0.717) is 13.2 Å². The highest BCUT2D eigenvalue weighted by atomic mass is 16.5. The maximum Gasteiger partial charge on any atom is 0.326 e. The number of likely N-dealkylation sites (N-methyl/N-ethyl adjacent to an activating group) is 1. The lowest BCUT2D eigenvalue weighted by molar-refractivity contribution is -0.140. The number of hydrogen-bond donors (Lipinski definition) is 2. The van der Waals surface area contributed by atoms with E-state index in [1.54, 1.807) is 20.9 Å². The molecule has 0 aliphatic carbocycles. The molecule has 0 aliphatic rings. The second-order valence-corrected chi connectivity index (χ2v) is 4.85. The first-order valence-corrected chi connectivity index (χ1v) is 6.11. The van der Waals surface area contributed by atoms with Crippen molar-refractivity contribution in [2.24, 2.45) is 5.92 Å². The van der Waals surface area contributed by atoms with Crippen molar-refractivity contribution in [1.29, 1.82) is 0 Å². The lowest BCUT2D eigenvalue weighted by Gasteiger charge is -2.23. The predicted octanol–water partition coefficient (Wildman–Crippen LogP) is 1.16. The van der Waals surface area contributed by atoms with Crippen molar-refractivity contribution in [3.05, 3.63) is 0 Å². The molecule has 0 aliphatic heterocycles. The monoisotopic (exact) mass is 260 g/mol. The van der Waals surface area contributed by atoms with Gasteiger partial charge in [0.05, 0.1) is 12.7 Å². The Kier molecular flexibility index (Phi) is 7.35. The van der Waals surface area contributed by atoms with Crippen LogP contribution in [0, 0.1) is 5.92 Å². The van der Waals surface area contributed by atoms with Gasteiger partial charge in [0.1, 0.15) is 6.04 Å². The van der Waals surface area contributed by atoms with Gasteiger partial charge in [0, 0.05) is 13.6 Å². The zero-order chi connectivity index (χ0) is 14.3. The summed E-state index contributed by atoms with van der Waals surface area (Å²) < 4.78 is 5.32. The lowest BCUT2D eigenvalue weighted by atomic mass is 10.1. The van der Waals surface area contributed by atoms with Gasteiger partial charge in [-0.25, -0.2) is 9.59 Å². The number of rotatable bonds is 7. The summed E-state index contributed by atoms with van der Waals surface area (Å²) in [5.41, 5.74) is 0. The van der Waals surface area contributed by atoms with E-state index in [2.05, 4.69) is 5.32 Å². The first-order valence-electron chi connectivity index (χ1n) is 6.11. The number of amides is 2. The minimum absolute atomic E-state index is 0.115. The SMILES string of the molecule is CC(C)OCCN(C)C(=O)N[C@H](C(=O)O)C(C)C. The van der Waals surface area contributed by atoms with Crippen LogP contribution in [-0.4, -0.2) is 54.4 Å². The molecule has 0 unspecified atom stereocenters. The molecule has 2 amide bonds. The first-order chi connectivity index (χ1) is 8.25. The van der Waals surface area contributed by atoms with E-state index >= 15 is 0 Å². The largest absolute Gasteiger partial charge is 0.480 e. The minimum atomic E-state index is -1.02. The molecule has 0 fully saturated rings. The maximum atomic E-state index is 11.7. The standard InChI is InChI=1S/C12H24N2O4/c1-8(2)10(11(15)16)13-12(17)14(5)6-7-18-9(3)4/h8-10H,6-7H2,1-5H3,(H,13,17)(H,15,16)/t10-/m0/s1. The number of carbonyl (C=O) groups is 2. The minimum Gasteiger partial charge on any atom is -0.480 e. The van der Waals surface area contributed by atoms with E-state index in [1.165, 1.54) is 4.90 Å². The van der Waals surface area contributed by atoms with Gasteiger partial charge in [0.25, 0.3) is 0 Å². The molecular formula is C12H24N2O4. The average Bonchev–Trinajstić information content (AvgIpc) is 2.23. The highest BCUT2D eigenvalue weighted by Crippen LogP contribution is 2.02. The van der Waals surface area contributed by atoms with Crippen molar-refractivity contribution >= 4 is 12.0 Å². The quantitative estimate of drug-likeness (QED) is 0.720. The number of hydrogen-bond acceptors (Lipinski definition) is 3. The molecule has 0 spiro atoms. The van der Waals surface area contributed by atoms with Gasteiger partial charge in [-0.05, 0) is 19.8 Å². The van der Waals surface area contributed by atoms with E-state index in [0.717, 1.165) is 0 Å². The van der Waals surface area contributed by atoms with Gasteiger partial charge in [-0.1, -0.05) is 13.8 Å². The van der Waals surface area contributed by atoms with E-state index in [9.17, 15) is 9.59 Å². The fourth-order valence-electron chi connectivity index (χ4n) is 1.28. The van der Waals surface area contributed by atoms with Gasteiger partial charge >= 0.3 is 12.0 Å². The molecule has 0 saturated carbocycles. The molecule has 0 saturated heterocycles. The summed E-state index contributed by atoms with van der Waals surface area (Å²) in [5, 5.41) is 11.5. The number of aliphatic carboxylic acids is 1. The number of carboxylic acids is 1. The van der Waals surface area contributed by atoms with Crippen LogP contribution in [0.1, 0.15) is 27.7 Å². The number of ether oxygens (including phenoxy) is 1. The van der Waals surface area contributed by atoms with E-state index in [4.69, 9.17) is 9.84 Å². The zero-order valence-corrected chi connectivity index (χ0v) is 11.8. The van der Waals surface area contributed by atoms with E-state index in [-0.39, 0.29) is 12.0 Å². The Labute approximate surface area is 108 Å². The van der Waals surface area contributed by atoms with Gasteiger partial charge in [-0.3, -0.25) is 0 Å². The van der Waals surface area contributed by atoms with Crippen molar-refractivity contribution in [2.45, 2.75) is 39.8 Å². The molecule has 0 radical (unpaired) electrons. The van der Waals surface area contributed by atoms with Crippen LogP contribution in [0.2, 0.25) is 0 Å². The van der Waals surface area contributed by atoms with Gasteiger partial charge < -0.3 is 20.1 Å². The Bertz CT molecular complexity index is 279. The number of carbonyl (C=O) groups excluding carboxylic acids is 1. The Hall–Kier alpha value is -1.30. The topological polar surface area (TPSA) is 78.9 Å². The number of nitrogens with one attached hydrogen (secondary N) is 1. The molecule has 18 heavy (non-hydrogen) atoms. The molecule has 6 nitrogen and oxygen atoms in total. The van der Waals surface area contributed by atoms with Crippen LogP contribution in [0.4, 0.5) is 4.79 Å². The molecule has 0 heterocycles. The van der Waals surface area contributed by atoms with Gasteiger partial charge in [-0.2, -0.15) is 0 Å². The van der Waals surface area contributed by atoms with Crippen LogP contribution >= 0.6 is 0 Å². The molecule has 6 heteroatoms. The van der Waals surface area contributed by atoms with Crippen LogP contribution in [0.25, 0.3) is 0 Å². The van der Waals surface area contributed by atoms with Crippen LogP contribution in [0.5, 0.6) is 0 Å². The normalized spacial score (nSPS) is 12.6. The zero-order valence-electron chi connectivity index (χ0n) is 11.8. The van der Waals surface area contributed by atoms with Gasteiger partial charge in [0.2, 0.25) is 0 Å². The molecule has 0 aromatic carbocycles. The third kappa shape index (κ3) is 6.44. The van der Waals surface area contributed by atoms with Crippen LogP contribution < -0.4 is 5.32 Å². The summed E-state index contributed by atoms with van der Waals surface area (Å²) >= 11 is 0. The molecule has 1 atom stereocenters. The second-order valence-electron chi connectivity index (χ2n) is 4.85.